The summed E-state index contributed by atoms with van der Waals surface area (Å²) in [5.74, 6) is 1.23. The van der Waals surface area contributed by atoms with Crippen molar-refractivity contribution in [1.29, 1.82) is 0 Å². The number of benzene rings is 3. The minimum absolute atomic E-state index is 0.0172. The molecular formula is C28H31N3O5. The average molecular weight is 490 g/mol. The summed E-state index contributed by atoms with van der Waals surface area (Å²) in [4.78, 5) is 26.4. The first-order valence-electron chi connectivity index (χ1n) is 12.2. The van der Waals surface area contributed by atoms with Crippen molar-refractivity contribution in [1.82, 2.24) is 10.3 Å². The Morgan fingerprint density at radius 3 is 2.50 bits per heavy atom. The molecule has 0 saturated carbocycles. The number of hydrogen-bond donors (Lipinski definition) is 1. The van der Waals surface area contributed by atoms with Crippen LogP contribution in [0.2, 0.25) is 0 Å². The first-order chi connectivity index (χ1) is 17.6. The molecule has 0 atom stereocenters. The number of hydrazone groups is 1. The molecule has 0 aromatic heterocycles. The third-order valence-corrected chi connectivity index (χ3v) is 5.82. The van der Waals surface area contributed by atoms with Gasteiger partial charge in [0.2, 0.25) is 0 Å². The van der Waals surface area contributed by atoms with E-state index in [1.165, 1.54) is 12.6 Å². The van der Waals surface area contributed by atoms with E-state index in [1.807, 2.05) is 54.3 Å². The number of ether oxygens (including phenoxy) is 3. The van der Waals surface area contributed by atoms with Gasteiger partial charge in [-0.25, -0.2) is 5.43 Å². The van der Waals surface area contributed by atoms with Crippen LogP contribution in [0.15, 0.2) is 65.8 Å². The summed E-state index contributed by atoms with van der Waals surface area (Å²) >= 11 is 0. The van der Waals surface area contributed by atoms with Gasteiger partial charge in [-0.05, 0) is 72.9 Å². The maximum atomic E-state index is 12.4. The molecule has 188 valence electrons. The van der Waals surface area contributed by atoms with Gasteiger partial charge in [0.15, 0.2) is 24.7 Å². The predicted molar refractivity (Wildman–Crippen MR) is 139 cm³/mol. The number of nitrogens with one attached hydrogen (secondary N) is 1. The molecule has 0 radical (unpaired) electrons. The van der Waals surface area contributed by atoms with Gasteiger partial charge in [0.25, 0.3) is 11.8 Å². The number of amides is 2. The lowest BCUT2D eigenvalue weighted by molar-refractivity contribution is -0.134. The Balaban J connectivity index is 1.28. The van der Waals surface area contributed by atoms with Crippen LogP contribution < -0.4 is 19.6 Å². The Morgan fingerprint density at radius 1 is 0.889 bits per heavy atom. The van der Waals surface area contributed by atoms with E-state index in [2.05, 4.69) is 10.5 Å². The zero-order valence-corrected chi connectivity index (χ0v) is 20.4. The first-order valence-corrected chi connectivity index (χ1v) is 12.2. The van der Waals surface area contributed by atoms with Crippen molar-refractivity contribution in [3.63, 3.8) is 0 Å². The molecule has 2 amide bonds. The van der Waals surface area contributed by atoms with Crippen molar-refractivity contribution in [2.75, 3.05) is 32.9 Å². The molecule has 1 saturated heterocycles. The first kappa shape index (κ1) is 25.0. The molecular weight excluding hydrogens is 458 g/mol. The Kier molecular flexibility index (Phi) is 8.75. The molecule has 1 fully saturated rings. The molecule has 3 aromatic rings. The monoisotopic (exact) mass is 489 g/mol. The van der Waals surface area contributed by atoms with Crippen LogP contribution in [-0.2, 0) is 9.59 Å². The number of carbonyl (C=O) groups excluding carboxylic acids is 2. The van der Waals surface area contributed by atoms with Gasteiger partial charge in [-0.1, -0.05) is 30.3 Å². The van der Waals surface area contributed by atoms with Crippen molar-refractivity contribution in [2.45, 2.75) is 26.2 Å². The lowest BCUT2D eigenvalue weighted by Gasteiger charge is -2.26. The fourth-order valence-electron chi connectivity index (χ4n) is 3.98. The topological polar surface area (TPSA) is 89.5 Å². The molecule has 8 nitrogen and oxygen atoms in total. The van der Waals surface area contributed by atoms with E-state index in [0.29, 0.717) is 29.4 Å². The van der Waals surface area contributed by atoms with Crippen LogP contribution in [0.25, 0.3) is 10.8 Å². The normalized spacial score (nSPS) is 13.5. The summed E-state index contributed by atoms with van der Waals surface area (Å²) in [5, 5.41) is 6.16. The number of likely N-dealkylation sites (tertiary alicyclic amines) is 1. The number of piperidine rings is 1. The SMILES string of the molecule is CCOc1cc(/C=N/NC(=O)COc2ccc3ccccc3c2)ccc1OCC(=O)N1CCCCC1. The highest BCUT2D eigenvalue weighted by Gasteiger charge is 2.17. The summed E-state index contributed by atoms with van der Waals surface area (Å²) in [6.07, 6.45) is 4.76. The van der Waals surface area contributed by atoms with Gasteiger partial charge < -0.3 is 19.1 Å². The Hall–Kier alpha value is -4.07. The number of carbonyl (C=O) groups is 2. The van der Waals surface area contributed by atoms with Gasteiger partial charge in [-0.15, -0.1) is 0 Å². The standard InChI is InChI=1S/C28H31N3O5/c1-2-34-26-16-21(10-13-25(26)36-20-28(33)31-14-6-3-7-15-31)18-29-30-27(32)19-35-24-12-11-22-8-4-5-9-23(22)17-24/h4-5,8-13,16-18H,2-3,6-7,14-15,19-20H2,1H3,(H,30,32)/b29-18+. The van der Waals surface area contributed by atoms with Crippen LogP contribution in [0.3, 0.4) is 0 Å². The number of fused-ring (bicyclic) bond motifs is 1. The van der Waals surface area contributed by atoms with Gasteiger partial charge >= 0.3 is 0 Å². The van der Waals surface area contributed by atoms with Crippen molar-refractivity contribution >= 4 is 28.8 Å². The predicted octanol–water partition coefficient (Wildman–Crippen LogP) is 4.16. The van der Waals surface area contributed by atoms with E-state index in [4.69, 9.17) is 14.2 Å². The summed E-state index contributed by atoms with van der Waals surface area (Å²) in [7, 11) is 0. The maximum absolute atomic E-state index is 12.4. The number of rotatable bonds is 10. The lowest BCUT2D eigenvalue weighted by atomic mass is 10.1. The fraction of sp³-hybridized carbons (Fsp3) is 0.321. The van der Waals surface area contributed by atoms with Gasteiger partial charge in [0, 0.05) is 13.1 Å². The summed E-state index contributed by atoms with van der Waals surface area (Å²) in [5.41, 5.74) is 3.18. The molecule has 3 aromatic carbocycles. The maximum Gasteiger partial charge on any atom is 0.277 e. The second-order valence-electron chi connectivity index (χ2n) is 8.46. The fourth-order valence-corrected chi connectivity index (χ4v) is 3.98. The van der Waals surface area contributed by atoms with Gasteiger partial charge in [-0.2, -0.15) is 5.10 Å². The van der Waals surface area contributed by atoms with E-state index in [9.17, 15) is 9.59 Å². The smallest absolute Gasteiger partial charge is 0.277 e. The molecule has 1 N–H and O–H groups in total. The van der Waals surface area contributed by atoms with Gasteiger partial charge in [0.05, 0.1) is 12.8 Å². The van der Waals surface area contributed by atoms with Gasteiger partial charge in [0.1, 0.15) is 5.75 Å². The van der Waals surface area contributed by atoms with Crippen molar-refractivity contribution in [3.05, 3.63) is 66.2 Å². The minimum atomic E-state index is -0.374. The van der Waals surface area contributed by atoms with Gasteiger partial charge in [-0.3, -0.25) is 9.59 Å². The Bertz CT molecular complexity index is 1220. The second kappa shape index (κ2) is 12.6. The number of hydrogen-bond acceptors (Lipinski definition) is 6. The minimum Gasteiger partial charge on any atom is -0.490 e. The Labute approximate surface area is 210 Å². The molecule has 0 aliphatic carbocycles. The third kappa shape index (κ3) is 6.97. The van der Waals surface area contributed by atoms with E-state index in [0.717, 1.165) is 36.7 Å². The molecule has 1 heterocycles. The molecule has 1 aliphatic heterocycles. The van der Waals surface area contributed by atoms with Crippen LogP contribution >= 0.6 is 0 Å². The van der Waals surface area contributed by atoms with E-state index in [-0.39, 0.29) is 25.0 Å². The van der Waals surface area contributed by atoms with Crippen molar-refractivity contribution in [3.8, 4) is 17.2 Å². The van der Waals surface area contributed by atoms with Crippen LogP contribution in [0.4, 0.5) is 0 Å². The van der Waals surface area contributed by atoms with E-state index in [1.54, 1.807) is 18.2 Å². The molecule has 0 unspecified atom stereocenters. The highest BCUT2D eigenvalue weighted by Crippen LogP contribution is 2.28. The largest absolute Gasteiger partial charge is 0.490 e. The summed E-state index contributed by atoms with van der Waals surface area (Å²) < 4.78 is 17.0. The highest BCUT2D eigenvalue weighted by atomic mass is 16.5. The molecule has 8 heteroatoms. The molecule has 1 aliphatic rings. The highest BCUT2D eigenvalue weighted by molar-refractivity contribution is 5.85. The van der Waals surface area contributed by atoms with Crippen LogP contribution in [0.5, 0.6) is 17.2 Å². The zero-order chi connectivity index (χ0) is 25.2. The average Bonchev–Trinajstić information content (AvgIpc) is 2.92. The lowest BCUT2D eigenvalue weighted by Crippen LogP contribution is -2.38. The molecule has 4 rings (SSSR count). The molecule has 0 spiro atoms. The summed E-state index contributed by atoms with van der Waals surface area (Å²) in [6, 6.07) is 18.9. The van der Waals surface area contributed by atoms with Crippen molar-refractivity contribution in [2.24, 2.45) is 5.10 Å². The van der Waals surface area contributed by atoms with Crippen LogP contribution in [0, 0.1) is 0 Å². The summed E-state index contributed by atoms with van der Waals surface area (Å²) in [6.45, 7) is 3.71. The second-order valence-corrected chi connectivity index (χ2v) is 8.46. The van der Waals surface area contributed by atoms with Crippen LogP contribution in [-0.4, -0.2) is 55.8 Å². The van der Waals surface area contributed by atoms with Crippen molar-refractivity contribution < 1.29 is 23.8 Å². The zero-order valence-electron chi connectivity index (χ0n) is 20.4. The van der Waals surface area contributed by atoms with E-state index >= 15 is 0 Å². The molecule has 36 heavy (non-hydrogen) atoms. The Morgan fingerprint density at radius 2 is 1.69 bits per heavy atom. The van der Waals surface area contributed by atoms with E-state index < -0.39 is 0 Å². The van der Waals surface area contributed by atoms with Crippen LogP contribution in [0.1, 0.15) is 31.7 Å². The third-order valence-electron chi connectivity index (χ3n) is 5.82. The molecule has 0 bridgehead atoms. The number of nitrogens with zero attached hydrogens (tertiary/aromatic N) is 2. The quantitative estimate of drug-likeness (QED) is 0.341.